The number of nitrogens with zero attached hydrogens (tertiary/aromatic N) is 3. The SMILES string of the molecule is CC(C)(Oc1nc2ncccc2n1-c1ccc(C2CC2)c2ccccc12)C(=O)O. The van der Waals surface area contributed by atoms with E-state index in [9.17, 15) is 9.90 Å². The second-order valence-electron chi connectivity index (χ2n) is 7.99. The van der Waals surface area contributed by atoms with Crippen molar-refractivity contribution >= 4 is 27.9 Å². The normalized spacial score (nSPS) is 14.4. The number of benzene rings is 2. The van der Waals surface area contributed by atoms with Crippen molar-refractivity contribution in [1.82, 2.24) is 14.5 Å². The maximum Gasteiger partial charge on any atom is 0.347 e. The molecule has 0 unspecified atom stereocenters. The molecule has 29 heavy (non-hydrogen) atoms. The van der Waals surface area contributed by atoms with Gasteiger partial charge in [0.25, 0.3) is 0 Å². The molecule has 2 aromatic carbocycles. The van der Waals surface area contributed by atoms with Crippen LogP contribution >= 0.6 is 0 Å². The van der Waals surface area contributed by atoms with Crippen LogP contribution < -0.4 is 4.74 Å². The van der Waals surface area contributed by atoms with Crippen LogP contribution in [0.2, 0.25) is 0 Å². The van der Waals surface area contributed by atoms with Gasteiger partial charge in [0.05, 0.1) is 11.2 Å². The van der Waals surface area contributed by atoms with Gasteiger partial charge in [0.2, 0.25) is 5.60 Å². The van der Waals surface area contributed by atoms with Crippen LogP contribution in [-0.4, -0.2) is 31.2 Å². The molecule has 0 bridgehead atoms. The summed E-state index contributed by atoms with van der Waals surface area (Å²) in [6, 6.07) is 16.5. The first kappa shape index (κ1) is 17.7. The van der Waals surface area contributed by atoms with Gasteiger partial charge in [0, 0.05) is 11.6 Å². The van der Waals surface area contributed by atoms with E-state index in [2.05, 4.69) is 40.3 Å². The molecule has 0 saturated heterocycles. The fourth-order valence-corrected chi connectivity index (χ4v) is 3.72. The van der Waals surface area contributed by atoms with Crippen molar-refractivity contribution in [1.29, 1.82) is 0 Å². The fourth-order valence-electron chi connectivity index (χ4n) is 3.72. The number of ether oxygens (including phenoxy) is 1. The third-order valence-electron chi connectivity index (χ3n) is 5.45. The van der Waals surface area contributed by atoms with Gasteiger partial charge in [0.1, 0.15) is 0 Å². The quantitative estimate of drug-likeness (QED) is 0.537. The van der Waals surface area contributed by atoms with E-state index in [1.54, 1.807) is 6.20 Å². The zero-order valence-electron chi connectivity index (χ0n) is 16.3. The molecule has 0 spiro atoms. The Morgan fingerprint density at radius 3 is 2.59 bits per heavy atom. The predicted molar refractivity (Wildman–Crippen MR) is 111 cm³/mol. The number of carbonyl (C=O) groups is 1. The fraction of sp³-hybridized carbons (Fsp3) is 0.261. The minimum Gasteiger partial charge on any atom is -0.478 e. The number of hydrogen-bond acceptors (Lipinski definition) is 4. The van der Waals surface area contributed by atoms with Gasteiger partial charge in [-0.15, -0.1) is 0 Å². The van der Waals surface area contributed by atoms with E-state index in [0.717, 1.165) is 16.6 Å². The summed E-state index contributed by atoms with van der Waals surface area (Å²) in [5.74, 6) is -0.435. The van der Waals surface area contributed by atoms with E-state index in [0.29, 0.717) is 11.6 Å². The van der Waals surface area contributed by atoms with E-state index in [1.165, 1.54) is 37.6 Å². The Kier molecular flexibility index (Phi) is 3.84. The average Bonchev–Trinajstić information content (AvgIpc) is 3.48. The highest BCUT2D eigenvalue weighted by molar-refractivity contribution is 5.95. The largest absolute Gasteiger partial charge is 0.478 e. The van der Waals surface area contributed by atoms with E-state index in [-0.39, 0.29) is 6.01 Å². The van der Waals surface area contributed by atoms with Gasteiger partial charge in [-0.05, 0) is 61.8 Å². The van der Waals surface area contributed by atoms with Gasteiger partial charge < -0.3 is 9.84 Å². The van der Waals surface area contributed by atoms with Gasteiger partial charge in [0.15, 0.2) is 5.65 Å². The molecule has 6 nitrogen and oxygen atoms in total. The van der Waals surface area contributed by atoms with Gasteiger partial charge in [-0.2, -0.15) is 4.98 Å². The second kappa shape index (κ2) is 6.30. The topological polar surface area (TPSA) is 77.2 Å². The lowest BCUT2D eigenvalue weighted by Gasteiger charge is -2.22. The molecule has 1 fully saturated rings. The van der Waals surface area contributed by atoms with Crippen LogP contribution in [0.1, 0.15) is 38.2 Å². The molecule has 1 saturated carbocycles. The number of imidazole rings is 1. The standard InChI is InChI=1S/C23H21N3O3/c1-23(2,21(27)28)29-22-25-20-19(8-5-13-24-20)26(22)18-12-11-15(14-9-10-14)16-6-3-4-7-17(16)18/h3-8,11-14H,9-10H2,1-2H3,(H,27,28). The lowest BCUT2D eigenvalue weighted by atomic mass is 9.99. The molecule has 0 amide bonds. The van der Waals surface area contributed by atoms with E-state index >= 15 is 0 Å². The Bertz CT molecular complexity index is 1250. The Labute approximate surface area is 167 Å². The van der Waals surface area contributed by atoms with Crippen molar-refractivity contribution in [2.45, 2.75) is 38.2 Å². The third kappa shape index (κ3) is 2.92. The maximum atomic E-state index is 11.6. The molecule has 5 rings (SSSR count). The number of carboxylic acids is 1. The maximum absolute atomic E-state index is 11.6. The molecule has 1 aliphatic rings. The Morgan fingerprint density at radius 2 is 1.86 bits per heavy atom. The van der Waals surface area contributed by atoms with Crippen LogP contribution in [0.4, 0.5) is 0 Å². The van der Waals surface area contributed by atoms with Crippen molar-refractivity contribution in [3.05, 3.63) is 60.3 Å². The highest BCUT2D eigenvalue weighted by Gasteiger charge is 2.33. The summed E-state index contributed by atoms with van der Waals surface area (Å²) in [6.45, 7) is 3.03. The highest BCUT2D eigenvalue weighted by Crippen LogP contribution is 2.44. The van der Waals surface area contributed by atoms with Crippen molar-refractivity contribution in [3.8, 4) is 11.7 Å². The van der Waals surface area contributed by atoms with Crippen LogP contribution in [0.5, 0.6) is 6.01 Å². The number of pyridine rings is 1. The number of hydrogen-bond donors (Lipinski definition) is 1. The van der Waals surface area contributed by atoms with Gasteiger partial charge in [-0.25, -0.2) is 9.78 Å². The zero-order valence-corrected chi connectivity index (χ0v) is 16.3. The van der Waals surface area contributed by atoms with E-state index < -0.39 is 11.6 Å². The molecule has 0 aliphatic heterocycles. The van der Waals surface area contributed by atoms with Crippen LogP contribution in [0.25, 0.3) is 27.6 Å². The minimum atomic E-state index is -1.43. The molecule has 2 aromatic heterocycles. The van der Waals surface area contributed by atoms with Gasteiger partial charge >= 0.3 is 12.0 Å². The summed E-state index contributed by atoms with van der Waals surface area (Å²) >= 11 is 0. The molecule has 0 atom stereocenters. The smallest absolute Gasteiger partial charge is 0.347 e. The van der Waals surface area contributed by atoms with Crippen molar-refractivity contribution in [2.75, 3.05) is 0 Å². The monoisotopic (exact) mass is 387 g/mol. The Hall–Kier alpha value is -3.41. The average molecular weight is 387 g/mol. The summed E-state index contributed by atoms with van der Waals surface area (Å²) in [6.07, 6.45) is 4.12. The Balaban J connectivity index is 1.78. The van der Waals surface area contributed by atoms with Gasteiger partial charge in [-0.3, -0.25) is 4.57 Å². The summed E-state index contributed by atoms with van der Waals surface area (Å²) in [7, 11) is 0. The minimum absolute atomic E-state index is 0.218. The first-order valence-electron chi connectivity index (χ1n) is 9.73. The number of aromatic nitrogens is 3. The lowest BCUT2D eigenvalue weighted by molar-refractivity contribution is -0.152. The van der Waals surface area contributed by atoms with Crippen molar-refractivity contribution < 1.29 is 14.6 Å². The predicted octanol–water partition coefficient (Wildman–Crippen LogP) is 4.69. The highest BCUT2D eigenvalue weighted by atomic mass is 16.5. The molecular weight excluding hydrogens is 366 g/mol. The Morgan fingerprint density at radius 1 is 1.10 bits per heavy atom. The summed E-state index contributed by atoms with van der Waals surface area (Å²) < 4.78 is 7.75. The molecule has 4 aromatic rings. The second-order valence-corrected chi connectivity index (χ2v) is 7.99. The number of rotatable bonds is 5. The van der Waals surface area contributed by atoms with Crippen LogP contribution in [-0.2, 0) is 4.79 Å². The van der Waals surface area contributed by atoms with Crippen LogP contribution in [0.15, 0.2) is 54.7 Å². The first-order chi connectivity index (χ1) is 14.0. The van der Waals surface area contributed by atoms with Gasteiger partial charge in [-0.1, -0.05) is 30.3 Å². The first-order valence-corrected chi connectivity index (χ1v) is 9.73. The summed E-state index contributed by atoms with van der Waals surface area (Å²) in [5.41, 5.74) is 2.12. The van der Waals surface area contributed by atoms with Crippen molar-refractivity contribution in [2.24, 2.45) is 0 Å². The molecule has 0 radical (unpaired) electrons. The van der Waals surface area contributed by atoms with Crippen LogP contribution in [0, 0.1) is 0 Å². The van der Waals surface area contributed by atoms with Crippen molar-refractivity contribution in [3.63, 3.8) is 0 Å². The number of fused-ring (bicyclic) bond motifs is 2. The third-order valence-corrected chi connectivity index (χ3v) is 5.45. The van der Waals surface area contributed by atoms with E-state index in [4.69, 9.17) is 4.74 Å². The molecule has 1 N–H and O–H groups in total. The van der Waals surface area contributed by atoms with E-state index in [1.807, 2.05) is 22.8 Å². The molecule has 1 aliphatic carbocycles. The summed E-state index contributed by atoms with van der Waals surface area (Å²) in [4.78, 5) is 20.5. The van der Waals surface area contributed by atoms with Crippen LogP contribution in [0.3, 0.4) is 0 Å². The number of aliphatic carboxylic acids is 1. The lowest BCUT2D eigenvalue weighted by Crippen LogP contribution is -2.38. The molecular formula is C23H21N3O3. The molecule has 146 valence electrons. The number of carboxylic acid groups (broad SMARTS) is 1. The zero-order chi connectivity index (χ0) is 20.2. The molecule has 6 heteroatoms. The summed E-state index contributed by atoms with van der Waals surface area (Å²) in [5, 5.41) is 11.8. The molecule has 2 heterocycles.